The van der Waals surface area contributed by atoms with E-state index in [0.29, 0.717) is 28.4 Å². The van der Waals surface area contributed by atoms with Crippen molar-refractivity contribution in [3.8, 4) is 11.5 Å². The number of sulfonamides is 1. The zero-order valence-corrected chi connectivity index (χ0v) is 31.4. The molecule has 0 bridgehead atoms. The van der Waals surface area contributed by atoms with Gasteiger partial charge in [-0.3, -0.25) is 13.9 Å². The topological polar surface area (TPSA) is 105 Å². The van der Waals surface area contributed by atoms with Crippen LogP contribution in [0.2, 0.25) is 10.0 Å². The largest absolute Gasteiger partial charge is 0.493 e. The SMILES string of the molecule is CCC(C)NC(=O)C(Cc1ccccc1)N(Cc1ccc(Cl)c(Cl)c1)C(=O)CN(c1cc(C)cc(C)c1)S(=O)(=O)c1ccc(OC)c(OC)c1. The van der Waals surface area contributed by atoms with Crippen molar-refractivity contribution in [3.05, 3.63) is 117 Å². The second-order valence-electron chi connectivity index (χ2n) is 12.2. The number of rotatable bonds is 15. The van der Waals surface area contributed by atoms with E-state index in [1.165, 1.54) is 37.3 Å². The Labute approximate surface area is 305 Å². The van der Waals surface area contributed by atoms with E-state index in [1.54, 1.807) is 30.3 Å². The highest BCUT2D eigenvalue weighted by molar-refractivity contribution is 7.92. The molecule has 50 heavy (non-hydrogen) atoms. The average molecular weight is 741 g/mol. The maximum atomic E-state index is 14.8. The van der Waals surface area contributed by atoms with Crippen LogP contribution >= 0.6 is 23.2 Å². The lowest BCUT2D eigenvalue weighted by Gasteiger charge is -2.34. The van der Waals surface area contributed by atoms with E-state index in [2.05, 4.69) is 5.32 Å². The fraction of sp³-hybridized carbons (Fsp3) is 0.316. The van der Waals surface area contributed by atoms with Crippen LogP contribution in [0.4, 0.5) is 5.69 Å². The van der Waals surface area contributed by atoms with Gasteiger partial charge in [-0.25, -0.2) is 8.42 Å². The van der Waals surface area contributed by atoms with Gasteiger partial charge in [0.25, 0.3) is 10.0 Å². The number of aryl methyl sites for hydroxylation is 2. The lowest BCUT2D eigenvalue weighted by atomic mass is 10.0. The summed E-state index contributed by atoms with van der Waals surface area (Å²) in [6.07, 6.45) is 0.858. The number of methoxy groups -OCH3 is 2. The van der Waals surface area contributed by atoms with Crippen LogP contribution in [0.25, 0.3) is 0 Å². The van der Waals surface area contributed by atoms with Crippen LogP contribution in [0.15, 0.2) is 89.8 Å². The summed E-state index contributed by atoms with van der Waals surface area (Å²) in [4.78, 5) is 30.2. The van der Waals surface area contributed by atoms with Gasteiger partial charge in [0.2, 0.25) is 11.8 Å². The quantitative estimate of drug-likeness (QED) is 0.137. The first kappa shape index (κ1) is 38.6. The Bertz CT molecular complexity index is 1900. The van der Waals surface area contributed by atoms with Crippen molar-refractivity contribution in [1.29, 1.82) is 0 Å². The van der Waals surface area contributed by atoms with E-state index in [1.807, 2.05) is 64.1 Å². The summed E-state index contributed by atoms with van der Waals surface area (Å²) < 4.78 is 40.9. The van der Waals surface area contributed by atoms with Crippen molar-refractivity contribution in [3.63, 3.8) is 0 Å². The fourth-order valence-corrected chi connectivity index (χ4v) is 7.29. The van der Waals surface area contributed by atoms with Crippen LogP contribution < -0.4 is 19.1 Å². The summed E-state index contributed by atoms with van der Waals surface area (Å²) in [5, 5.41) is 3.66. The molecule has 266 valence electrons. The van der Waals surface area contributed by atoms with Gasteiger partial charge in [0.1, 0.15) is 12.6 Å². The van der Waals surface area contributed by atoms with Gasteiger partial charge < -0.3 is 19.7 Å². The Morgan fingerprint density at radius 1 is 0.820 bits per heavy atom. The molecule has 0 aliphatic carbocycles. The minimum atomic E-state index is -4.38. The first-order chi connectivity index (χ1) is 23.8. The third-order valence-electron chi connectivity index (χ3n) is 8.33. The van der Waals surface area contributed by atoms with E-state index in [0.717, 1.165) is 21.0 Å². The van der Waals surface area contributed by atoms with Crippen LogP contribution in [0.3, 0.4) is 0 Å². The molecule has 0 saturated carbocycles. The first-order valence-electron chi connectivity index (χ1n) is 16.2. The molecule has 4 aromatic rings. The number of carbonyl (C=O) groups excluding carboxylic acids is 2. The first-order valence-corrected chi connectivity index (χ1v) is 18.4. The molecule has 0 aliphatic rings. The number of hydrogen-bond donors (Lipinski definition) is 1. The monoisotopic (exact) mass is 739 g/mol. The highest BCUT2D eigenvalue weighted by Crippen LogP contribution is 2.33. The van der Waals surface area contributed by atoms with Gasteiger partial charge in [0.05, 0.1) is 34.8 Å². The number of ether oxygens (including phenoxy) is 2. The second-order valence-corrected chi connectivity index (χ2v) is 14.8. The van der Waals surface area contributed by atoms with E-state index >= 15 is 0 Å². The van der Waals surface area contributed by atoms with Crippen LogP contribution in [0.1, 0.15) is 42.5 Å². The van der Waals surface area contributed by atoms with Crippen LogP contribution in [0.5, 0.6) is 11.5 Å². The molecule has 2 atom stereocenters. The lowest BCUT2D eigenvalue weighted by Crippen LogP contribution is -2.54. The van der Waals surface area contributed by atoms with Gasteiger partial charge in [0.15, 0.2) is 11.5 Å². The van der Waals surface area contributed by atoms with Gasteiger partial charge in [-0.1, -0.05) is 72.6 Å². The summed E-state index contributed by atoms with van der Waals surface area (Å²) in [7, 11) is -1.50. The van der Waals surface area contributed by atoms with Crippen molar-refractivity contribution < 1.29 is 27.5 Å². The zero-order chi connectivity index (χ0) is 36.6. The zero-order valence-electron chi connectivity index (χ0n) is 29.1. The van der Waals surface area contributed by atoms with Gasteiger partial charge in [-0.05, 0) is 85.8 Å². The lowest BCUT2D eigenvalue weighted by molar-refractivity contribution is -0.140. The van der Waals surface area contributed by atoms with E-state index in [-0.39, 0.29) is 40.6 Å². The third kappa shape index (κ3) is 9.50. The summed E-state index contributed by atoms with van der Waals surface area (Å²) in [5.74, 6) is -0.396. The predicted octanol–water partition coefficient (Wildman–Crippen LogP) is 7.38. The number of nitrogens with zero attached hydrogens (tertiary/aromatic N) is 2. The minimum absolute atomic E-state index is 0.0434. The van der Waals surface area contributed by atoms with E-state index in [9.17, 15) is 18.0 Å². The van der Waals surface area contributed by atoms with E-state index in [4.69, 9.17) is 32.7 Å². The molecular weight excluding hydrogens is 697 g/mol. The number of hydrogen-bond acceptors (Lipinski definition) is 6. The van der Waals surface area contributed by atoms with Crippen molar-refractivity contribution in [2.24, 2.45) is 0 Å². The molecule has 0 aliphatic heterocycles. The molecule has 2 unspecified atom stereocenters. The van der Waals surface area contributed by atoms with E-state index < -0.39 is 28.5 Å². The molecule has 4 aromatic carbocycles. The molecule has 0 spiro atoms. The molecule has 2 amide bonds. The Kier molecular flexibility index (Phi) is 13.2. The van der Waals surface area contributed by atoms with Crippen LogP contribution in [0, 0.1) is 13.8 Å². The van der Waals surface area contributed by atoms with Crippen molar-refractivity contribution in [2.75, 3.05) is 25.1 Å². The number of benzene rings is 4. The normalized spacial score (nSPS) is 12.5. The van der Waals surface area contributed by atoms with Gasteiger partial charge in [0, 0.05) is 25.1 Å². The molecule has 0 aromatic heterocycles. The molecule has 1 N–H and O–H groups in total. The number of anilines is 1. The predicted molar refractivity (Wildman–Crippen MR) is 199 cm³/mol. The van der Waals surface area contributed by atoms with Crippen molar-refractivity contribution >= 4 is 50.7 Å². The summed E-state index contributed by atoms with van der Waals surface area (Å²) >= 11 is 12.6. The Morgan fingerprint density at radius 3 is 2.08 bits per heavy atom. The fourth-order valence-electron chi connectivity index (χ4n) is 5.56. The number of halogens is 2. The highest BCUT2D eigenvalue weighted by Gasteiger charge is 2.35. The Hall–Kier alpha value is -4.25. The highest BCUT2D eigenvalue weighted by atomic mass is 35.5. The van der Waals surface area contributed by atoms with Crippen molar-refractivity contribution in [2.45, 2.75) is 64.1 Å². The average Bonchev–Trinajstić information content (AvgIpc) is 3.09. The number of amides is 2. The Balaban J connectivity index is 1.87. The summed E-state index contributed by atoms with van der Waals surface area (Å²) in [5.41, 5.74) is 3.35. The molecule has 0 heterocycles. The van der Waals surface area contributed by atoms with Crippen LogP contribution in [-0.4, -0.2) is 58.0 Å². The standard InChI is InChI=1S/C38H43Cl2N3O6S/c1-7-27(4)41-38(45)34(21-28-11-9-8-10-12-28)42(23-29-13-15-32(39)33(40)20-29)37(44)24-43(30-18-25(2)17-26(3)19-30)50(46,47)31-14-16-35(48-5)36(22-31)49-6/h8-20,22,27,34H,7,21,23-24H2,1-6H3,(H,41,45). The Morgan fingerprint density at radius 2 is 1.48 bits per heavy atom. The third-order valence-corrected chi connectivity index (χ3v) is 10.8. The van der Waals surface area contributed by atoms with Crippen molar-refractivity contribution in [1.82, 2.24) is 10.2 Å². The number of carbonyl (C=O) groups is 2. The van der Waals surface area contributed by atoms with Gasteiger partial charge in [-0.2, -0.15) is 0 Å². The summed E-state index contributed by atoms with van der Waals surface area (Å²) in [6.45, 7) is 6.90. The second kappa shape index (κ2) is 17.1. The molecule has 4 rings (SSSR count). The molecule has 12 heteroatoms. The maximum Gasteiger partial charge on any atom is 0.264 e. The summed E-state index contributed by atoms with van der Waals surface area (Å²) in [6, 6.07) is 22.8. The molecule has 0 fully saturated rings. The minimum Gasteiger partial charge on any atom is -0.493 e. The molecule has 0 saturated heterocycles. The maximum absolute atomic E-state index is 14.8. The molecular formula is C38H43Cl2N3O6S. The van der Waals surface area contributed by atoms with Crippen LogP contribution in [-0.2, 0) is 32.6 Å². The van der Waals surface area contributed by atoms with Gasteiger partial charge in [-0.15, -0.1) is 0 Å². The number of nitrogens with one attached hydrogen (secondary N) is 1. The van der Waals surface area contributed by atoms with Gasteiger partial charge >= 0.3 is 0 Å². The smallest absolute Gasteiger partial charge is 0.264 e. The molecule has 9 nitrogen and oxygen atoms in total. The molecule has 0 radical (unpaired) electrons.